The molecule has 2 rings (SSSR count). The molecule has 0 bridgehead atoms. The number of benzene rings is 2. The van der Waals surface area contributed by atoms with Crippen molar-refractivity contribution in [2.24, 2.45) is 5.10 Å². The van der Waals surface area contributed by atoms with Crippen molar-refractivity contribution in [1.29, 1.82) is 0 Å². The largest absolute Gasteiger partial charge is 0.272 e. The molecule has 22 heavy (non-hydrogen) atoms. The Balaban J connectivity index is 1.77. The molecular weight excluding hydrogens is 407 g/mol. The zero-order chi connectivity index (χ0) is 15.8. The van der Waals surface area contributed by atoms with Crippen molar-refractivity contribution < 1.29 is 4.79 Å². The standard InChI is InChI=1S/C17H17IN2OS/c1-13(15-7-9-16(18)10-8-15)19-20-17(21)12-22-11-14-5-3-2-4-6-14/h2-10H,11-12H2,1H3,(H,20,21)/b19-13-. The van der Waals surface area contributed by atoms with Crippen molar-refractivity contribution in [2.45, 2.75) is 12.7 Å². The van der Waals surface area contributed by atoms with Gasteiger partial charge >= 0.3 is 0 Å². The molecule has 0 heterocycles. The summed E-state index contributed by atoms with van der Waals surface area (Å²) >= 11 is 3.84. The topological polar surface area (TPSA) is 41.5 Å². The molecule has 0 spiro atoms. The first kappa shape index (κ1) is 17.0. The van der Waals surface area contributed by atoms with Gasteiger partial charge in [0.25, 0.3) is 0 Å². The maximum Gasteiger partial charge on any atom is 0.250 e. The third kappa shape index (κ3) is 5.81. The Morgan fingerprint density at radius 3 is 2.50 bits per heavy atom. The smallest absolute Gasteiger partial charge is 0.250 e. The molecule has 0 atom stereocenters. The maximum absolute atomic E-state index is 11.8. The zero-order valence-electron chi connectivity index (χ0n) is 12.3. The van der Waals surface area contributed by atoms with E-state index in [1.807, 2.05) is 49.4 Å². The first-order valence-corrected chi connectivity index (χ1v) is 9.09. The Labute approximate surface area is 148 Å². The molecule has 0 aliphatic carbocycles. The van der Waals surface area contributed by atoms with E-state index in [4.69, 9.17) is 0 Å². The summed E-state index contributed by atoms with van der Waals surface area (Å²) in [5.41, 5.74) is 5.64. The Kier molecular flexibility index (Phi) is 6.92. The third-order valence-electron chi connectivity index (χ3n) is 2.96. The van der Waals surface area contributed by atoms with Crippen LogP contribution in [0.4, 0.5) is 0 Å². The molecule has 0 fully saturated rings. The van der Waals surface area contributed by atoms with Crippen LogP contribution >= 0.6 is 34.4 Å². The number of hydrazone groups is 1. The van der Waals surface area contributed by atoms with Gasteiger partial charge < -0.3 is 0 Å². The molecule has 1 amide bonds. The number of rotatable bonds is 6. The van der Waals surface area contributed by atoms with Gasteiger partial charge in [0, 0.05) is 9.32 Å². The van der Waals surface area contributed by atoms with Gasteiger partial charge in [0.05, 0.1) is 11.5 Å². The van der Waals surface area contributed by atoms with Crippen LogP contribution < -0.4 is 5.43 Å². The van der Waals surface area contributed by atoms with E-state index in [-0.39, 0.29) is 5.91 Å². The summed E-state index contributed by atoms with van der Waals surface area (Å²) in [5, 5.41) is 4.15. The van der Waals surface area contributed by atoms with Gasteiger partial charge in [0.1, 0.15) is 0 Å². The van der Waals surface area contributed by atoms with Gasteiger partial charge in [-0.25, -0.2) is 5.43 Å². The van der Waals surface area contributed by atoms with E-state index in [1.165, 1.54) is 9.13 Å². The summed E-state index contributed by atoms with van der Waals surface area (Å²) in [4.78, 5) is 11.8. The fourth-order valence-electron chi connectivity index (χ4n) is 1.77. The molecule has 0 unspecified atom stereocenters. The van der Waals surface area contributed by atoms with E-state index in [9.17, 15) is 4.79 Å². The number of amides is 1. The highest BCUT2D eigenvalue weighted by Crippen LogP contribution is 2.11. The first-order valence-electron chi connectivity index (χ1n) is 6.86. The second-order valence-electron chi connectivity index (χ2n) is 4.72. The minimum absolute atomic E-state index is 0.0780. The van der Waals surface area contributed by atoms with Crippen molar-refractivity contribution in [3.05, 3.63) is 69.3 Å². The molecule has 114 valence electrons. The lowest BCUT2D eigenvalue weighted by atomic mass is 10.1. The average molecular weight is 424 g/mol. The van der Waals surface area contributed by atoms with Crippen molar-refractivity contribution in [3.63, 3.8) is 0 Å². The van der Waals surface area contributed by atoms with E-state index in [0.717, 1.165) is 17.0 Å². The van der Waals surface area contributed by atoms with Crippen molar-refractivity contribution in [2.75, 3.05) is 5.75 Å². The molecule has 1 N–H and O–H groups in total. The van der Waals surface area contributed by atoms with Crippen molar-refractivity contribution in [3.8, 4) is 0 Å². The summed E-state index contributed by atoms with van der Waals surface area (Å²) < 4.78 is 1.18. The van der Waals surface area contributed by atoms with Gasteiger partial charge in [0.2, 0.25) is 5.91 Å². The van der Waals surface area contributed by atoms with E-state index in [0.29, 0.717) is 5.75 Å². The molecule has 0 aromatic heterocycles. The molecule has 0 saturated carbocycles. The minimum Gasteiger partial charge on any atom is -0.272 e. The number of nitrogens with zero attached hydrogens (tertiary/aromatic N) is 1. The van der Waals surface area contributed by atoms with Gasteiger partial charge in [-0.1, -0.05) is 42.5 Å². The number of hydrogen-bond acceptors (Lipinski definition) is 3. The Morgan fingerprint density at radius 2 is 1.82 bits per heavy atom. The Hall–Kier alpha value is -1.34. The quantitative estimate of drug-likeness (QED) is 0.432. The van der Waals surface area contributed by atoms with Gasteiger partial charge in [-0.15, -0.1) is 11.8 Å². The van der Waals surface area contributed by atoms with Crippen LogP contribution in [0.25, 0.3) is 0 Å². The summed E-state index contributed by atoms with van der Waals surface area (Å²) in [7, 11) is 0. The van der Waals surface area contributed by atoms with Crippen LogP contribution in [-0.2, 0) is 10.5 Å². The molecule has 0 radical (unpaired) electrons. The summed E-state index contributed by atoms with van der Waals surface area (Å²) in [6.07, 6.45) is 0. The monoisotopic (exact) mass is 424 g/mol. The zero-order valence-corrected chi connectivity index (χ0v) is 15.2. The van der Waals surface area contributed by atoms with Gasteiger partial charge in [-0.3, -0.25) is 4.79 Å². The molecular formula is C17H17IN2OS. The van der Waals surface area contributed by atoms with Gasteiger partial charge in [-0.05, 0) is 52.8 Å². The fraction of sp³-hybridized carbons (Fsp3) is 0.176. The van der Waals surface area contributed by atoms with Crippen LogP contribution in [0.2, 0.25) is 0 Å². The molecule has 0 aliphatic heterocycles. The summed E-state index contributed by atoms with van der Waals surface area (Å²) in [5.74, 6) is 1.15. The van der Waals surface area contributed by atoms with E-state index in [1.54, 1.807) is 11.8 Å². The second kappa shape index (κ2) is 8.95. The molecule has 0 saturated heterocycles. The number of nitrogens with one attached hydrogen (secondary N) is 1. The third-order valence-corrected chi connectivity index (χ3v) is 4.68. The highest BCUT2D eigenvalue weighted by atomic mass is 127. The van der Waals surface area contributed by atoms with Crippen molar-refractivity contribution >= 4 is 46.0 Å². The molecule has 2 aromatic rings. The number of carbonyl (C=O) groups is 1. The normalized spacial score (nSPS) is 11.3. The molecule has 3 nitrogen and oxygen atoms in total. The lowest BCUT2D eigenvalue weighted by Crippen LogP contribution is -2.21. The predicted molar refractivity (Wildman–Crippen MR) is 102 cm³/mol. The molecule has 0 aliphatic rings. The Bertz CT molecular complexity index is 641. The van der Waals surface area contributed by atoms with Crippen LogP contribution in [0.5, 0.6) is 0 Å². The molecule has 5 heteroatoms. The van der Waals surface area contributed by atoms with Crippen LogP contribution in [0.15, 0.2) is 59.7 Å². The summed E-state index contributed by atoms with van der Waals surface area (Å²) in [6, 6.07) is 18.2. The number of hydrogen-bond donors (Lipinski definition) is 1. The lowest BCUT2D eigenvalue weighted by molar-refractivity contribution is -0.118. The van der Waals surface area contributed by atoms with Crippen LogP contribution in [-0.4, -0.2) is 17.4 Å². The minimum atomic E-state index is -0.0780. The van der Waals surface area contributed by atoms with Gasteiger partial charge in [-0.2, -0.15) is 5.10 Å². The predicted octanol–water partition coefficient (Wildman–Crippen LogP) is 4.06. The number of halogens is 1. The number of thioether (sulfide) groups is 1. The van der Waals surface area contributed by atoms with Gasteiger partial charge in [0.15, 0.2) is 0 Å². The van der Waals surface area contributed by atoms with Crippen LogP contribution in [0, 0.1) is 3.57 Å². The van der Waals surface area contributed by atoms with Crippen LogP contribution in [0.3, 0.4) is 0 Å². The Morgan fingerprint density at radius 1 is 1.14 bits per heavy atom. The highest BCUT2D eigenvalue weighted by Gasteiger charge is 2.02. The van der Waals surface area contributed by atoms with E-state index in [2.05, 4.69) is 45.3 Å². The summed E-state index contributed by atoms with van der Waals surface area (Å²) in [6.45, 7) is 1.89. The fourth-order valence-corrected chi connectivity index (χ4v) is 2.91. The second-order valence-corrected chi connectivity index (χ2v) is 6.95. The molecule has 2 aromatic carbocycles. The first-order chi connectivity index (χ1) is 10.6. The van der Waals surface area contributed by atoms with Crippen molar-refractivity contribution in [1.82, 2.24) is 5.43 Å². The van der Waals surface area contributed by atoms with E-state index >= 15 is 0 Å². The number of carbonyl (C=O) groups excluding carboxylic acids is 1. The maximum atomic E-state index is 11.8. The van der Waals surface area contributed by atoms with E-state index < -0.39 is 0 Å². The average Bonchev–Trinajstić information content (AvgIpc) is 2.54. The lowest BCUT2D eigenvalue weighted by Gasteiger charge is -2.04. The SMILES string of the molecule is C/C(=N/NC(=O)CSCc1ccccc1)c1ccc(I)cc1. The highest BCUT2D eigenvalue weighted by molar-refractivity contribution is 14.1. The van der Waals surface area contributed by atoms with Crippen LogP contribution in [0.1, 0.15) is 18.1 Å².